The van der Waals surface area contributed by atoms with Crippen molar-refractivity contribution in [1.29, 1.82) is 0 Å². The second-order valence-corrected chi connectivity index (χ2v) is 7.36. The summed E-state index contributed by atoms with van der Waals surface area (Å²) >= 11 is 2.80. The summed E-state index contributed by atoms with van der Waals surface area (Å²) in [6.45, 7) is 1.72. The van der Waals surface area contributed by atoms with Crippen molar-refractivity contribution in [1.82, 2.24) is 15.4 Å². The molecule has 2 aromatic heterocycles. The lowest BCUT2D eigenvalue weighted by Gasteiger charge is -2.07. The van der Waals surface area contributed by atoms with Crippen LogP contribution in [0.5, 0.6) is 11.5 Å². The van der Waals surface area contributed by atoms with Crippen LogP contribution in [0, 0.1) is 6.92 Å². The van der Waals surface area contributed by atoms with Crippen LogP contribution in [0.3, 0.4) is 0 Å². The number of methoxy groups -OCH3 is 2. The Morgan fingerprint density at radius 2 is 1.92 bits per heavy atom. The zero-order valence-electron chi connectivity index (χ0n) is 14.3. The van der Waals surface area contributed by atoms with Gasteiger partial charge in [0.15, 0.2) is 10.0 Å². The van der Waals surface area contributed by atoms with Crippen molar-refractivity contribution in [3.05, 3.63) is 41.3 Å². The lowest BCUT2D eigenvalue weighted by molar-refractivity contribution is 0.101. The smallest absolute Gasteiger partial charge is 0.279 e. The molecule has 0 unspecified atom stereocenters. The van der Waals surface area contributed by atoms with Gasteiger partial charge in [0, 0.05) is 17.9 Å². The van der Waals surface area contributed by atoms with Crippen LogP contribution < -0.4 is 14.8 Å². The fraction of sp³-hybridized carbons (Fsp3) is 0.250. The van der Waals surface area contributed by atoms with E-state index < -0.39 is 0 Å². The molecule has 10 heteroatoms. The van der Waals surface area contributed by atoms with Crippen LogP contribution in [0.25, 0.3) is 0 Å². The summed E-state index contributed by atoms with van der Waals surface area (Å²) in [6, 6.07) is 7.25. The number of amides is 1. The number of rotatable bonds is 7. The van der Waals surface area contributed by atoms with Crippen LogP contribution in [-0.4, -0.2) is 35.5 Å². The number of thioether (sulfide) groups is 1. The number of anilines is 1. The fourth-order valence-corrected chi connectivity index (χ4v) is 3.73. The van der Waals surface area contributed by atoms with Crippen LogP contribution in [0.15, 0.2) is 33.1 Å². The molecule has 0 fully saturated rings. The van der Waals surface area contributed by atoms with E-state index in [1.807, 2.05) is 18.2 Å². The minimum Gasteiger partial charge on any atom is -0.497 e. The maximum absolute atomic E-state index is 12.0. The zero-order chi connectivity index (χ0) is 18.5. The van der Waals surface area contributed by atoms with Crippen LogP contribution in [0.2, 0.25) is 0 Å². The van der Waals surface area contributed by atoms with Gasteiger partial charge in [-0.1, -0.05) is 28.3 Å². The number of aryl methyl sites for hydroxylation is 1. The van der Waals surface area contributed by atoms with Crippen molar-refractivity contribution in [3.63, 3.8) is 0 Å². The molecule has 26 heavy (non-hydrogen) atoms. The fourth-order valence-electron chi connectivity index (χ4n) is 2.05. The van der Waals surface area contributed by atoms with Gasteiger partial charge < -0.3 is 14.0 Å². The molecule has 0 aliphatic carbocycles. The average Bonchev–Trinajstić information content (AvgIpc) is 3.28. The Balaban J connectivity index is 1.61. The number of nitrogens with one attached hydrogen (secondary N) is 1. The Morgan fingerprint density at radius 3 is 2.54 bits per heavy atom. The summed E-state index contributed by atoms with van der Waals surface area (Å²) in [5.74, 6) is 2.31. The van der Waals surface area contributed by atoms with Crippen LogP contribution in [0.4, 0.5) is 5.13 Å². The number of benzene rings is 1. The first-order valence-electron chi connectivity index (χ1n) is 7.50. The van der Waals surface area contributed by atoms with Gasteiger partial charge in [0.25, 0.3) is 5.91 Å². The van der Waals surface area contributed by atoms with E-state index in [-0.39, 0.29) is 11.6 Å². The van der Waals surface area contributed by atoms with Gasteiger partial charge in [-0.25, -0.2) is 0 Å². The van der Waals surface area contributed by atoms with Crippen molar-refractivity contribution < 1.29 is 18.8 Å². The Bertz CT molecular complexity index is 887. The molecule has 0 atom stereocenters. The predicted molar refractivity (Wildman–Crippen MR) is 98.2 cm³/mol. The molecule has 0 spiro atoms. The van der Waals surface area contributed by atoms with Gasteiger partial charge >= 0.3 is 0 Å². The second kappa shape index (κ2) is 8.19. The van der Waals surface area contributed by atoms with Gasteiger partial charge in [0.2, 0.25) is 5.13 Å². The van der Waals surface area contributed by atoms with E-state index in [1.54, 1.807) is 27.2 Å². The molecule has 3 rings (SSSR count). The summed E-state index contributed by atoms with van der Waals surface area (Å²) in [5.41, 5.74) is 1.24. The Kier molecular flexibility index (Phi) is 5.74. The highest BCUT2D eigenvalue weighted by Gasteiger charge is 2.14. The number of hydrogen-bond acceptors (Lipinski definition) is 9. The first-order valence-corrected chi connectivity index (χ1v) is 9.30. The van der Waals surface area contributed by atoms with E-state index in [1.165, 1.54) is 23.1 Å². The first kappa shape index (κ1) is 18.2. The molecule has 8 nitrogen and oxygen atoms in total. The Hall–Kier alpha value is -2.59. The second-order valence-electron chi connectivity index (χ2n) is 5.16. The Labute approximate surface area is 157 Å². The van der Waals surface area contributed by atoms with Gasteiger partial charge in [0.05, 0.1) is 14.2 Å². The normalized spacial score (nSPS) is 10.6. The lowest BCUT2D eigenvalue weighted by atomic mass is 10.2. The van der Waals surface area contributed by atoms with E-state index in [9.17, 15) is 4.79 Å². The largest absolute Gasteiger partial charge is 0.497 e. The number of ether oxygens (including phenoxy) is 2. The number of nitrogens with zero attached hydrogens (tertiary/aromatic N) is 3. The number of carbonyl (C=O) groups excluding carboxylic acids is 1. The van der Waals surface area contributed by atoms with Crippen LogP contribution in [-0.2, 0) is 5.75 Å². The SMILES string of the molecule is COc1cc(CSc2nnc(NC(=O)c3cc(C)on3)s2)cc(OC)c1. The molecule has 0 saturated heterocycles. The van der Waals surface area contributed by atoms with Crippen molar-refractivity contribution in [2.45, 2.75) is 17.0 Å². The molecule has 0 saturated carbocycles. The Morgan fingerprint density at radius 1 is 1.19 bits per heavy atom. The third-order valence-electron chi connectivity index (χ3n) is 3.26. The maximum atomic E-state index is 12.0. The first-order chi connectivity index (χ1) is 12.6. The molecule has 3 aromatic rings. The molecule has 2 heterocycles. The quantitative estimate of drug-likeness (QED) is 0.482. The molecular weight excluding hydrogens is 376 g/mol. The van der Waals surface area contributed by atoms with E-state index in [2.05, 4.69) is 20.7 Å². The highest BCUT2D eigenvalue weighted by atomic mass is 32.2. The molecule has 0 aliphatic heterocycles. The minimum absolute atomic E-state index is 0.204. The summed E-state index contributed by atoms with van der Waals surface area (Å²) in [4.78, 5) is 12.0. The molecule has 136 valence electrons. The van der Waals surface area contributed by atoms with Gasteiger partial charge in [-0.05, 0) is 24.6 Å². The van der Waals surface area contributed by atoms with Crippen LogP contribution in [0.1, 0.15) is 21.8 Å². The predicted octanol–water partition coefficient (Wildman–Crippen LogP) is 3.40. The summed E-state index contributed by atoms with van der Waals surface area (Å²) in [6.07, 6.45) is 0. The van der Waals surface area contributed by atoms with E-state index in [4.69, 9.17) is 14.0 Å². The maximum Gasteiger partial charge on any atom is 0.279 e. The monoisotopic (exact) mass is 392 g/mol. The lowest BCUT2D eigenvalue weighted by Crippen LogP contribution is -2.11. The molecule has 0 bridgehead atoms. The number of carbonyl (C=O) groups is 1. The van der Waals surface area contributed by atoms with Crippen molar-refractivity contribution in [3.8, 4) is 11.5 Å². The molecule has 1 aromatic carbocycles. The summed E-state index contributed by atoms with van der Waals surface area (Å²) in [7, 11) is 3.23. The van der Waals surface area contributed by atoms with E-state index in [0.29, 0.717) is 16.6 Å². The molecule has 0 radical (unpaired) electrons. The van der Waals surface area contributed by atoms with Crippen LogP contribution >= 0.6 is 23.1 Å². The van der Waals surface area contributed by atoms with Gasteiger partial charge in [-0.2, -0.15) is 0 Å². The van der Waals surface area contributed by atoms with Crippen molar-refractivity contribution in [2.24, 2.45) is 0 Å². The highest BCUT2D eigenvalue weighted by molar-refractivity contribution is 8.00. The standard InChI is InChI=1S/C16H16N4O4S2/c1-9-4-13(20-24-9)14(21)17-15-18-19-16(26-15)25-8-10-5-11(22-2)7-12(6-10)23-3/h4-7H,8H2,1-3H3,(H,17,18,21). The van der Waals surface area contributed by atoms with Gasteiger partial charge in [0.1, 0.15) is 17.3 Å². The summed E-state index contributed by atoms with van der Waals surface area (Å²) < 4.78 is 16.2. The summed E-state index contributed by atoms with van der Waals surface area (Å²) in [5, 5.41) is 14.8. The molecule has 1 N–H and O–H groups in total. The molecule has 1 amide bonds. The average molecular weight is 392 g/mol. The van der Waals surface area contributed by atoms with E-state index >= 15 is 0 Å². The van der Waals surface area contributed by atoms with E-state index in [0.717, 1.165) is 21.4 Å². The molecule has 0 aliphatic rings. The third-order valence-corrected chi connectivity index (χ3v) is 5.30. The number of aromatic nitrogens is 3. The third kappa shape index (κ3) is 4.52. The van der Waals surface area contributed by atoms with Gasteiger partial charge in [-0.3, -0.25) is 10.1 Å². The van der Waals surface area contributed by atoms with Crippen molar-refractivity contribution >= 4 is 34.1 Å². The highest BCUT2D eigenvalue weighted by Crippen LogP contribution is 2.31. The minimum atomic E-state index is -0.382. The number of hydrogen-bond donors (Lipinski definition) is 1. The van der Waals surface area contributed by atoms with Gasteiger partial charge in [-0.15, -0.1) is 10.2 Å². The van der Waals surface area contributed by atoms with Crippen molar-refractivity contribution in [2.75, 3.05) is 19.5 Å². The zero-order valence-corrected chi connectivity index (χ0v) is 15.9. The molecular formula is C16H16N4O4S2. The topological polar surface area (TPSA) is 99.4 Å².